The van der Waals surface area contributed by atoms with E-state index in [1.54, 1.807) is 17.4 Å². The Hall–Kier alpha value is -1.62. The normalized spacial score (nSPS) is 13.3. The second-order valence-electron chi connectivity index (χ2n) is 3.50. The zero-order chi connectivity index (χ0) is 10.4. The van der Waals surface area contributed by atoms with Crippen molar-refractivity contribution in [1.29, 1.82) is 0 Å². The molecule has 0 unspecified atom stereocenters. The van der Waals surface area contributed by atoms with E-state index >= 15 is 0 Å². The summed E-state index contributed by atoms with van der Waals surface area (Å²) in [5, 5.41) is 8.88. The standard InChI is InChI=1S/C10H8N2O2S/c13-10(14)7-3-5-6(12-7)1-2-8-9(5)11-4-15-8/h3-4,12H,1-2H2,(H,13,14). The second-order valence-corrected chi connectivity index (χ2v) is 4.44. The fraction of sp³-hybridized carbons (Fsp3) is 0.200. The van der Waals surface area contributed by atoms with Crippen LogP contribution in [0.4, 0.5) is 0 Å². The first-order valence-electron chi connectivity index (χ1n) is 4.63. The molecule has 2 aromatic rings. The lowest BCUT2D eigenvalue weighted by Crippen LogP contribution is -2.01. The van der Waals surface area contributed by atoms with Gasteiger partial charge in [0.05, 0.1) is 11.2 Å². The molecule has 2 heterocycles. The fourth-order valence-corrected chi connectivity index (χ4v) is 2.71. The molecule has 0 aromatic carbocycles. The number of aromatic amines is 1. The number of carbonyl (C=O) groups is 1. The Morgan fingerprint density at radius 3 is 3.20 bits per heavy atom. The van der Waals surface area contributed by atoms with E-state index in [2.05, 4.69) is 9.97 Å². The number of aromatic carboxylic acids is 1. The van der Waals surface area contributed by atoms with Gasteiger partial charge in [0, 0.05) is 16.1 Å². The van der Waals surface area contributed by atoms with Crippen LogP contribution in [0.5, 0.6) is 0 Å². The van der Waals surface area contributed by atoms with E-state index in [0.717, 1.165) is 29.8 Å². The predicted molar refractivity (Wildman–Crippen MR) is 56.3 cm³/mol. The number of aromatic nitrogens is 2. The van der Waals surface area contributed by atoms with Crippen LogP contribution in [-0.4, -0.2) is 21.0 Å². The van der Waals surface area contributed by atoms with Crippen LogP contribution in [0.1, 0.15) is 21.1 Å². The quantitative estimate of drug-likeness (QED) is 0.771. The molecule has 0 atom stereocenters. The third kappa shape index (κ3) is 1.20. The molecule has 0 saturated carbocycles. The minimum Gasteiger partial charge on any atom is -0.477 e. The third-order valence-corrected chi connectivity index (χ3v) is 3.52. The highest BCUT2D eigenvalue weighted by molar-refractivity contribution is 7.10. The number of carboxylic acid groups (broad SMARTS) is 1. The Labute approximate surface area is 89.6 Å². The van der Waals surface area contributed by atoms with E-state index in [4.69, 9.17) is 5.11 Å². The topological polar surface area (TPSA) is 66.0 Å². The van der Waals surface area contributed by atoms with Crippen molar-refractivity contribution in [1.82, 2.24) is 9.97 Å². The molecule has 1 aliphatic rings. The van der Waals surface area contributed by atoms with E-state index in [0.29, 0.717) is 0 Å². The van der Waals surface area contributed by atoms with Crippen molar-refractivity contribution in [3.8, 4) is 11.3 Å². The molecule has 2 aromatic heterocycles. The SMILES string of the molecule is O=C(O)c1cc2c([nH]1)CCc1scnc1-2. The summed E-state index contributed by atoms with van der Waals surface area (Å²) in [6.45, 7) is 0. The highest BCUT2D eigenvalue weighted by Crippen LogP contribution is 2.34. The summed E-state index contributed by atoms with van der Waals surface area (Å²) in [5.74, 6) is -0.916. The van der Waals surface area contributed by atoms with Gasteiger partial charge in [-0.05, 0) is 18.9 Å². The fourth-order valence-electron chi connectivity index (χ4n) is 1.93. The number of thiazole rings is 1. The summed E-state index contributed by atoms with van der Waals surface area (Å²) in [5.41, 5.74) is 4.96. The molecule has 15 heavy (non-hydrogen) atoms. The highest BCUT2D eigenvalue weighted by atomic mass is 32.1. The number of nitrogens with one attached hydrogen (secondary N) is 1. The van der Waals surface area contributed by atoms with Crippen molar-refractivity contribution in [2.75, 3.05) is 0 Å². The Morgan fingerprint density at radius 2 is 2.40 bits per heavy atom. The molecular formula is C10H8N2O2S. The van der Waals surface area contributed by atoms with Crippen LogP contribution < -0.4 is 0 Å². The molecule has 76 valence electrons. The maximum atomic E-state index is 10.8. The number of rotatable bonds is 1. The zero-order valence-corrected chi connectivity index (χ0v) is 8.60. The van der Waals surface area contributed by atoms with Gasteiger partial charge < -0.3 is 10.1 Å². The van der Waals surface area contributed by atoms with Gasteiger partial charge in [-0.15, -0.1) is 11.3 Å². The van der Waals surface area contributed by atoms with Crippen LogP contribution in [0.15, 0.2) is 11.6 Å². The number of fused-ring (bicyclic) bond motifs is 3. The van der Waals surface area contributed by atoms with Crippen molar-refractivity contribution in [3.63, 3.8) is 0 Å². The summed E-state index contributed by atoms with van der Waals surface area (Å²) in [7, 11) is 0. The zero-order valence-electron chi connectivity index (χ0n) is 7.78. The summed E-state index contributed by atoms with van der Waals surface area (Å²) in [6.07, 6.45) is 1.82. The van der Waals surface area contributed by atoms with Crippen LogP contribution >= 0.6 is 11.3 Å². The van der Waals surface area contributed by atoms with Crippen molar-refractivity contribution >= 4 is 17.3 Å². The number of nitrogens with zero attached hydrogens (tertiary/aromatic N) is 1. The van der Waals surface area contributed by atoms with Crippen molar-refractivity contribution in [2.45, 2.75) is 12.8 Å². The molecule has 4 nitrogen and oxygen atoms in total. The lowest BCUT2D eigenvalue weighted by atomic mass is 10.0. The van der Waals surface area contributed by atoms with Gasteiger partial charge in [0.1, 0.15) is 5.69 Å². The number of carboxylic acids is 1. The predicted octanol–water partition coefficient (Wildman–Crippen LogP) is 1.94. The maximum Gasteiger partial charge on any atom is 0.352 e. The van der Waals surface area contributed by atoms with Crippen LogP contribution in [0.2, 0.25) is 0 Å². The van der Waals surface area contributed by atoms with Gasteiger partial charge in [-0.1, -0.05) is 0 Å². The number of aryl methyl sites for hydroxylation is 2. The molecule has 3 rings (SSSR count). The largest absolute Gasteiger partial charge is 0.477 e. The van der Waals surface area contributed by atoms with Gasteiger partial charge in [0.2, 0.25) is 0 Å². The van der Waals surface area contributed by atoms with Gasteiger partial charge in [0.25, 0.3) is 0 Å². The molecule has 0 saturated heterocycles. The van der Waals surface area contributed by atoms with E-state index in [1.807, 2.05) is 5.51 Å². The number of hydrogen-bond donors (Lipinski definition) is 2. The van der Waals surface area contributed by atoms with Gasteiger partial charge in [-0.25, -0.2) is 9.78 Å². The summed E-state index contributed by atoms with van der Waals surface area (Å²) in [6, 6.07) is 1.68. The molecule has 0 aliphatic heterocycles. The molecule has 2 N–H and O–H groups in total. The van der Waals surface area contributed by atoms with Crippen LogP contribution in [0.3, 0.4) is 0 Å². The molecular weight excluding hydrogens is 212 g/mol. The van der Waals surface area contributed by atoms with Crippen LogP contribution in [-0.2, 0) is 12.8 Å². The minimum atomic E-state index is -0.916. The monoisotopic (exact) mass is 220 g/mol. The first-order valence-corrected chi connectivity index (χ1v) is 5.51. The van der Waals surface area contributed by atoms with Crippen molar-refractivity contribution < 1.29 is 9.90 Å². The average molecular weight is 220 g/mol. The molecule has 0 fully saturated rings. The second kappa shape index (κ2) is 2.93. The van der Waals surface area contributed by atoms with Crippen LogP contribution in [0.25, 0.3) is 11.3 Å². The Balaban J connectivity index is 2.20. The van der Waals surface area contributed by atoms with E-state index in [-0.39, 0.29) is 5.69 Å². The highest BCUT2D eigenvalue weighted by Gasteiger charge is 2.22. The van der Waals surface area contributed by atoms with Crippen molar-refractivity contribution in [2.24, 2.45) is 0 Å². The number of hydrogen-bond acceptors (Lipinski definition) is 3. The summed E-state index contributed by atoms with van der Waals surface area (Å²) >= 11 is 1.63. The van der Waals surface area contributed by atoms with Gasteiger partial charge >= 0.3 is 5.97 Å². The summed E-state index contributed by atoms with van der Waals surface area (Å²) < 4.78 is 0. The first-order chi connectivity index (χ1) is 7.25. The van der Waals surface area contributed by atoms with Gasteiger partial charge in [0.15, 0.2) is 0 Å². The molecule has 0 bridgehead atoms. The lowest BCUT2D eigenvalue weighted by Gasteiger charge is -2.09. The average Bonchev–Trinajstić information content (AvgIpc) is 2.82. The van der Waals surface area contributed by atoms with Gasteiger partial charge in [-0.2, -0.15) is 0 Å². The molecule has 0 amide bonds. The first kappa shape index (κ1) is 8.67. The molecule has 5 heteroatoms. The minimum absolute atomic E-state index is 0.251. The molecule has 0 spiro atoms. The van der Waals surface area contributed by atoms with Gasteiger partial charge in [-0.3, -0.25) is 0 Å². The number of H-pyrrole nitrogens is 1. The Kier molecular flexibility index (Phi) is 1.70. The maximum absolute atomic E-state index is 10.8. The van der Waals surface area contributed by atoms with Crippen molar-refractivity contribution in [3.05, 3.63) is 27.8 Å². The van der Waals surface area contributed by atoms with E-state index in [1.165, 1.54) is 4.88 Å². The molecule has 1 aliphatic carbocycles. The van der Waals surface area contributed by atoms with E-state index < -0.39 is 5.97 Å². The smallest absolute Gasteiger partial charge is 0.352 e. The summed E-state index contributed by atoms with van der Waals surface area (Å²) in [4.78, 5) is 19.3. The van der Waals surface area contributed by atoms with E-state index in [9.17, 15) is 4.79 Å². The molecule has 0 radical (unpaired) electrons. The van der Waals surface area contributed by atoms with Crippen LogP contribution in [0, 0.1) is 0 Å². The lowest BCUT2D eigenvalue weighted by molar-refractivity contribution is 0.0691. The Bertz CT molecular complexity index is 541. The third-order valence-electron chi connectivity index (χ3n) is 2.63. The Morgan fingerprint density at radius 1 is 1.53 bits per heavy atom.